The lowest BCUT2D eigenvalue weighted by Gasteiger charge is -2.09. The van der Waals surface area contributed by atoms with Gasteiger partial charge in [0.25, 0.3) is 0 Å². The topological polar surface area (TPSA) is 88.6 Å². The Bertz CT molecular complexity index is 349. The number of rotatable bonds is 7. The van der Waals surface area contributed by atoms with Gasteiger partial charge in [0.15, 0.2) is 0 Å². The van der Waals surface area contributed by atoms with Crippen molar-refractivity contribution in [3.05, 3.63) is 12.1 Å². The molecule has 0 saturated heterocycles. The normalized spacial score (nSPS) is 12.4. The molecule has 0 aliphatic carbocycles. The molecule has 0 saturated carbocycles. The first-order valence-corrected chi connectivity index (χ1v) is 6.47. The average Bonchev–Trinajstić information content (AvgIpc) is 2.35. The Hall–Kier alpha value is -0.980. The molecule has 1 unspecified atom stereocenters. The van der Waals surface area contributed by atoms with Crippen LogP contribution in [0.1, 0.15) is 13.3 Å². The minimum Gasteiger partial charge on any atom is -0.476 e. The lowest BCUT2D eigenvalue weighted by atomic mass is 10.4. The Balaban J connectivity index is 2.61. The molecule has 0 bridgehead atoms. The van der Waals surface area contributed by atoms with Gasteiger partial charge in [-0.2, -0.15) is 0 Å². The van der Waals surface area contributed by atoms with E-state index in [-0.39, 0.29) is 6.61 Å². The highest BCUT2D eigenvalue weighted by Gasteiger charge is 2.07. The molecule has 0 radical (unpaired) electrons. The second kappa shape index (κ2) is 7.37. The van der Waals surface area contributed by atoms with Crippen LogP contribution < -0.4 is 10.5 Å². The van der Waals surface area contributed by atoms with E-state index in [0.717, 1.165) is 11.4 Å². The van der Waals surface area contributed by atoms with Crippen molar-refractivity contribution in [2.75, 3.05) is 24.7 Å². The fourth-order valence-electron chi connectivity index (χ4n) is 1.06. The van der Waals surface area contributed by atoms with Crippen LogP contribution in [0.2, 0.25) is 0 Å². The summed E-state index contributed by atoms with van der Waals surface area (Å²) in [5, 5.41) is 18.6. The zero-order valence-corrected chi connectivity index (χ0v) is 10.6. The van der Waals surface area contributed by atoms with Crippen LogP contribution in [-0.4, -0.2) is 40.3 Å². The number of hydrogen-bond donors (Lipinski definition) is 3. The molecular formula is C11H18N2O3S. The molecule has 0 spiro atoms. The van der Waals surface area contributed by atoms with Gasteiger partial charge in [-0.3, -0.25) is 0 Å². The number of nitrogen functional groups attached to an aromatic ring is 1. The lowest BCUT2D eigenvalue weighted by Crippen LogP contribution is -2.14. The number of pyridine rings is 1. The number of aliphatic hydroxyl groups is 2. The van der Waals surface area contributed by atoms with Crippen LogP contribution in [0.15, 0.2) is 17.2 Å². The highest BCUT2D eigenvalue weighted by Crippen LogP contribution is 2.24. The molecule has 0 aromatic carbocycles. The summed E-state index contributed by atoms with van der Waals surface area (Å²) in [7, 11) is 0. The van der Waals surface area contributed by atoms with Gasteiger partial charge < -0.3 is 20.7 Å². The van der Waals surface area contributed by atoms with E-state index in [1.54, 1.807) is 12.1 Å². The van der Waals surface area contributed by atoms with E-state index in [9.17, 15) is 5.11 Å². The van der Waals surface area contributed by atoms with Gasteiger partial charge in [0.2, 0.25) is 5.88 Å². The van der Waals surface area contributed by atoms with E-state index in [2.05, 4.69) is 4.98 Å². The molecule has 4 N–H and O–H groups in total. The second-order valence-corrected chi connectivity index (χ2v) is 4.58. The van der Waals surface area contributed by atoms with Crippen LogP contribution in [0.3, 0.4) is 0 Å². The molecule has 0 aliphatic rings. The number of aromatic nitrogens is 1. The molecule has 0 aliphatic heterocycles. The molecule has 1 aromatic rings. The zero-order chi connectivity index (χ0) is 12.7. The molecule has 0 fully saturated rings. The third-order valence-electron chi connectivity index (χ3n) is 1.94. The van der Waals surface area contributed by atoms with Crippen LogP contribution >= 0.6 is 11.8 Å². The first-order chi connectivity index (χ1) is 8.17. The molecule has 96 valence electrons. The second-order valence-electron chi connectivity index (χ2n) is 3.54. The van der Waals surface area contributed by atoms with Gasteiger partial charge in [0, 0.05) is 5.75 Å². The molecule has 1 rings (SSSR count). The Kier molecular flexibility index (Phi) is 6.10. The SMILES string of the molecule is CCCOc1nc(SCC(O)CO)ccc1N. The molecular weight excluding hydrogens is 240 g/mol. The minimum absolute atomic E-state index is 0.249. The van der Waals surface area contributed by atoms with Crippen molar-refractivity contribution in [3.63, 3.8) is 0 Å². The number of aliphatic hydroxyl groups excluding tert-OH is 2. The van der Waals surface area contributed by atoms with E-state index in [0.29, 0.717) is 23.9 Å². The Labute approximate surface area is 105 Å². The van der Waals surface area contributed by atoms with E-state index in [1.807, 2.05) is 6.92 Å². The van der Waals surface area contributed by atoms with Crippen molar-refractivity contribution in [2.45, 2.75) is 24.5 Å². The summed E-state index contributed by atoms with van der Waals surface area (Å²) in [6.45, 7) is 2.33. The summed E-state index contributed by atoms with van der Waals surface area (Å²) in [5.74, 6) is 0.816. The van der Waals surface area contributed by atoms with Crippen LogP contribution in [0.25, 0.3) is 0 Å². The maximum absolute atomic E-state index is 9.23. The van der Waals surface area contributed by atoms with E-state index in [4.69, 9.17) is 15.6 Å². The van der Waals surface area contributed by atoms with Crippen molar-refractivity contribution >= 4 is 17.4 Å². The van der Waals surface area contributed by atoms with Gasteiger partial charge in [-0.25, -0.2) is 4.98 Å². The van der Waals surface area contributed by atoms with Gasteiger partial charge in [-0.15, -0.1) is 11.8 Å². The molecule has 1 aromatic heterocycles. The van der Waals surface area contributed by atoms with E-state index >= 15 is 0 Å². The van der Waals surface area contributed by atoms with Crippen LogP contribution in [0.5, 0.6) is 5.88 Å². The predicted octanol–water partition coefficient (Wildman–Crippen LogP) is 0.898. The van der Waals surface area contributed by atoms with Gasteiger partial charge in [-0.05, 0) is 18.6 Å². The Morgan fingerprint density at radius 3 is 2.94 bits per heavy atom. The van der Waals surface area contributed by atoms with Crippen LogP contribution in [-0.2, 0) is 0 Å². The zero-order valence-electron chi connectivity index (χ0n) is 9.80. The Morgan fingerprint density at radius 2 is 2.29 bits per heavy atom. The smallest absolute Gasteiger partial charge is 0.238 e. The summed E-state index contributed by atoms with van der Waals surface area (Å²) in [6.07, 6.45) is 0.154. The Morgan fingerprint density at radius 1 is 1.53 bits per heavy atom. The van der Waals surface area contributed by atoms with Crippen molar-refractivity contribution in [1.29, 1.82) is 0 Å². The van der Waals surface area contributed by atoms with Crippen LogP contribution in [0.4, 0.5) is 5.69 Å². The highest BCUT2D eigenvalue weighted by molar-refractivity contribution is 7.99. The maximum atomic E-state index is 9.23. The number of nitrogens with zero attached hydrogens (tertiary/aromatic N) is 1. The van der Waals surface area contributed by atoms with Gasteiger partial charge in [0.05, 0.1) is 25.0 Å². The number of nitrogens with two attached hydrogens (primary N) is 1. The highest BCUT2D eigenvalue weighted by atomic mass is 32.2. The molecule has 1 atom stereocenters. The first-order valence-electron chi connectivity index (χ1n) is 5.48. The summed E-state index contributed by atoms with van der Waals surface area (Å²) >= 11 is 1.35. The molecule has 6 heteroatoms. The fraction of sp³-hybridized carbons (Fsp3) is 0.545. The monoisotopic (exact) mass is 258 g/mol. The van der Waals surface area contributed by atoms with Crippen molar-refractivity contribution in [2.24, 2.45) is 0 Å². The van der Waals surface area contributed by atoms with E-state index < -0.39 is 6.10 Å². The number of ether oxygens (including phenoxy) is 1. The quantitative estimate of drug-likeness (QED) is 0.630. The first kappa shape index (κ1) is 14.1. The standard InChI is InChI=1S/C11H18N2O3S/c1-2-5-16-11-9(12)3-4-10(13-11)17-7-8(15)6-14/h3-4,8,14-15H,2,5-7,12H2,1H3. The number of anilines is 1. The van der Waals surface area contributed by atoms with Crippen molar-refractivity contribution in [3.8, 4) is 5.88 Å². The van der Waals surface area contributed by atoms with E-state index in [1.165, 1.54) is 11.8 Å². The summed E-state index contributed by atoms with van der Waals surface area (Å²) in [6, 6.07) is 3.49. The number of hydrogen-bond acceptors (Lipinski definition) is 6. The molecule has 5 nitrogen and oxygen atoms in total. The van der Waals surface area contributed by atoms with Gasteiger partial charge in [-0.1, -0.05) is 6.92 Å². The average molecular weight is 258 g/mol. The van der Waals surface area contributed by atoms with Gasteiger partial charge >= 0.3 is 0 Å². The van der Waals surface area contributed by atoms with Gasteiger partial charge in [0.1, 0.15) is 5.03 Å². The van der Waals surface area contributed by atoms with Crippen molar-refractivity contribution in [1.82, 2.24) is 4.98 Å². The predicted molar refractivity (Wildman–Crippen MR) is 68.3 cm³/mol. The molecule has 1 heterocycles. The number of thioether (sulfide) groups is 1. The summed E-state index contributed by atoms with van der Waals surface area (Å²) in [5.41, 5.74) is 6.23. The van der Waals surface area contributed by atoms with Crippen LogP contribution in [0, 0.1) is 0 Å². The third kappa shape index (κ3) is 4.80. The third-order valence-corrected chi connectivity index (χ3v) is 3.02. The lowest BCUT2D eigenvalue weighted by molar-refractivity contribution is 0.113. The maximum Gasteiger partial charge on any atom is 0.238 e. The molecule has 0 amide bonds. The van der Waals surface area contributed by atoms with Crippen molar-refractivity contribution < 1.29 is 14.9 Å². The minimum atomic E-state index is -0.737. The summed E-state index contributed by atoms with van der Waals surface area (Å²) < 4.78 is 5.40. The molecule has 17 heavy (non-hydrogen) atoms. The fourth-order valence-corrected chi connectivity index (χ4v) is 1.84. The largest absolute Gasteiger partial charge is 0.476 e. The summed E-state index contributed by atoms with van der Waals surface area (Å²) in [4.78, 5) is 4.24.